The zero-order valence-corrected chi connectivity index (χ0v) is 16.1. The summed E-state index contributed by atoms with van der Waals surface area (Å²) in [4.78, 5) is 0. The summed E-state index contributed by atoms with van der Waals surface area (Å²) in [6.07, 6.45) is 0. The van der Waals surface area contributed by atoms with Crippen molar-refractivity contribution in [1.29, 1.82) is 0 Å². The number of hydrogen-bond acceptors (Lipinski definition) is 5. The number of ether oxygens (including phenoxy) is 1. The fourth-order valence-electron chi connectivity index (χ4n) is 2.57. The van der Waals surface area contributed by atoms with Gasteiger partial charge < -0.3 is 15.2 Å². The average Bonchev–Trinajstić information content (AvgIpc) is 2.55. The van der Waals surface area contributed by atoms with Crippen LogP contribution < -0.4 is 14.8 Å². The third-order valence-electron chi connectivity index (χ3n) is 3.70. The number of rotatable bonds is 9. The molecule has 0 aliphatic rings. The smallest absolute Gasteiger partial charge is 0.216 e. The molecule has 0 amide bonds. The standard InChI is InChI=1S/C19H26N2O4S/c1-14(2)21-26(23,24)13-16-6-4-15(5-7-16)11-20-12-17-8-9-19(25-3)18(22)10-17/h4-10,14,20-22H,11-13H2,1-3H3. The maximum atomic E-state index is 11.9. The summed E-state index contributed by atoms with van der Waals surface area (Å²) in [5, 5.41) is 13.1. The van der Waals surface area contributed by atoms with E-state index in [9.17, 15) is 13.5 Å². The van der Waals surface area contributed by atoms with Crippen molar-refractivity contribution in [3.05, 3.63) is 59.2 Å². The molecule has 0 atom stereocenters. The summed E-state index contributed by atoms with van der Waals surface area (Å²) in [6.45, 7) is 4.85. The Labute approximate surface area is 155 Å². The molecule has 2 aromatic carbocycles. The van der Waals surface area contributed by atoms with E-state index >= 15 is 0 Å². The molecule has 142 valence electrons. The Hall–Kier alpha value is -2.09. The van der Waals surface area contributed by atoms with E-state index in [0.29, 0.717) is 18.8 Å². The van der Waals surface area contributed by atoms with Crippen LogP contribution in [0.15, 0.2) is 42.5 Å². The molecule has 0 saturated carbocycles. The van der Waals surface area contributed by atoms with Gasteiger partial charge in [0, 0.05) is 19.1 Å². The first-order valence-electron chi connectivity index (χ1n) is 8.43. The number of methoxy groups -OCH3 is 1. The first-order valence-corrected chi connectivity index (χ1v) is 10.1. The highest BCUT2D eigenvalue weighted by atomic mass is 32.2. The van der Waals surface area contributed by atoms with Gasteiger partial charge in [-0.1, -0.05) is 30.3 Å². The van der Waals surface area contributed by atoms with Crippen molar-refractivity contribution in [1.82, 2.24) is 10.0 Å². The number of sulfonamides is 1. The van der Waals surface area contributed by atoms with Gasteiger partial charge >= 0.3 is 0 Å². The minimum atomic E-state index is -3.31. The van der Waals surface area contributed by atoms with E-state index in [1.54, 1.807) is 26.0 Å². The molecule has 0 bridgehead atoms. The van der Waals surface area contributed by atoms with E-state index in [-0.39, 0.29) is 17.5 Å². The van der Waals surface area contributed by atoms with Crippen LogP contribution in [0.1, 0.15) is 30.5 Å². The first kappa shape index (κ1) is 20.2. The summed E-state index contributed by atoms with van der Waals surface area (Å²) in [7, 11) is -1.79. The molecule has 0 fully saturated rings. The van der Waals surface area contributed by atoms with Gasteiger partial charge in [-0.15, -0.1) is 0 Å². The van der Waals surface area contributed by atoms with E-state index in [1.807, 2.05) is 30.3 Å². The summed E-state index contributed by atoms with van der Waals surface area (Å²) in [5.41, 5.74) is 2.76. The van der Waals surface area contributed by atoms with Crippen molar-refractivity contribution in [3.63, 3.8) is 0 Å². The second-order valence-electron chi connectivity index (χ2n) is 6.46. The number of hydrogen-bond donors (Lipinski definition) is 3. The van der Waals surface area contributed by atoms with Crippen LogP contribution >= 0.6 is 0 Å². The van der Waals surface area contributed by atoms with Crippen LogP contribution in [0.2, 0.25) is 0 Å². The Morgan fingerprint density at radius 1 is 1.00 bits per heavy atom. The van der Waals surface area contributed by atoms with Crippen LogP contribution in [-0.2, 0) is 28.9 Å². The monoisotopic (exact) mass is 378 g/mol. The van der Waals surface area contributed by atoms with Crippen molar-refractivity contribution in [2.24, 2.45) is 0 Å². The van der Waals surface area contributed by atoms with Gasteiger partial charge in [-0.2, -0.15) is 0 Å². The number of phenols is 1. The van der Waals surface area contributed by atoms with Crippen molar-refractivity contribution in [2.75, 3.05) is 7.11 Å². The second-order valence-corrected chi connectivity index (χ2v) is 8.21. The average molecular weight is 378 g/mol. The quantitative estimate of drug-likeness (QED) is 0.624. The number of phenolic OH excluding ortho intramolecular Hbond substituents is 1. The predicted molar refractivity (Wildman–Crippen MR) is 103 cm³/mol. The van der Waals surface area contributed by atoms with Crippen LogP contribution in [-0.4, -0.2) is 26.7 Å². The number of benzene rings is 2. The maximum Gasteiger partial charge on any atom is 0.216 e. The molecule has 0 spiro atoms. The Bertz CT molecular complexity index is 818. The lowest BCUT2D eigenvalue weighted by Gasteiger charge is -2.10. The van der Waals surface area contributed by atoms with Gasteiger partial charge in [0.15, 0.2) is 11.5 Å². The molecule has 0 unspecified atom stereocenters. The van der Waals surface area contributed by atoms with E-state index in [2.05, 4.69) is 10.0 Å². The molecule has 2 aromatic rings. The molecule has 2 rings (SSSR count). The number of aromatic hydroxyl groups is 1. The van der Waals surface area contributed by atoms with Crippen molar-refractivity contribution >= 4 is 10.0 Å². The summed E-state index contributed by atoms with van der Waals surface area (Å²) >= 11 is 0. The minimum absolute atomic E-state index is 0.0238. The van der Waals surface area contributed by atoms with Gasteiger partial charge in [-0.05, 0) is 42.7 Å². The van der Waals surface area contributed by atoms with Gasteiger partial charge in [0.05, 0.1) is 12.9 Å². The van der Waals surface area contributed by atoms with Crippen molar-refractivity contribution in [2.45, 2.75) is 38.7 Å². The zero-order chi connectivity index (χ0) is 19.2. The van der Waals surface area contributed by atoms with Crippen LogP contribution in [0.25, 0.3) is 0 Å². The lowest BCUT2D eigenvalue weighted by molar-refractivity contribution is 0.373. The third kappa shape index (κ3) is 6.33. The molecule has 0 heterocycles. The molecule has 0 aliphatic carbocycles. The van der Waals surface area contributed by atoms with Gasteiger partial charge in [-0.3, -0.25) is 0 Å². The molecule has 0 saturated heterocycles. The maximum absolute atomic E-state index is 11.9. The topological polar surface area (TPSA) is 87.7 Å². The molecule has 6 nitrogen and oxygen atoms in total. The van der Waals surface area contributed by atoms with Gasteiger partial charge in [-0.25, -0.2) is 13.1 Å². The first-order chi connectivity index (χ1) is 12.3. The van der Waals surface area contributed by atoms with Gasteiger partial charge in [0.2, 0.25) is 10.0 Å². The van der Waals surface area contributed by atoms with Crippen LogP contribution in [0.4, 0.5) is 0 Å². The minimum Gasteiger partial charge on any atom is -0.504 e. The molecule has 26 heavy (non-hydrogen) atoms. The van der Waals surface area contributed by atoms with E-state index < -0.39 is 10.0 Å². The fourth-order valence-corrected chi connectivity index (χ4v) is 4.00. The summed E-state index contributed by atoms with van der Waals surface area (Å²) in [6, 6.07) is 12.7. The lowest BCUT2D eigenvalue weighted by Crippen LogP contribution is -2.31. The largest absolute Gasteiger partial charge is 0.504 e. The second kappa shape index (κ2) is 9.02. The van der Waals surface area contributed by atoms with Crippen LogP contribution in [0.5, 0.6) is 11.5 Å². The van der Waals surface area contributed by atoms with E-state index in [0.717, 1.165) is 16.7 Å². The van der Waals surface area contributed by atoms with Crippen molar-refractivity contribution in [3.8, 4) is 11.5 Å². The highest BCUT2D eigenvalue weighted by molar-refractivity contribution is 7.88. The molecular weight excluding hydrogens is 352 g/mol. The zero-order valence-electron chi connectivity index (χ0n) is 15.3. The molecule has 0 aliphatic heterocycles. The highest BCUT2D eigenvalue weighted by Gasteiger charge is 2.12. The van der Waals surface area contributed by atoms with E-state index in [1.165, 1.54) is 7.11 Å². The summed E-state index contributed by atoms with van der Waals surface area (Å²) < 4.78 is 31.5. The Kier molecular flexibility index (Phi) is 7.02. The van der Waals surface area contributed by atoms with E-state index in [4.69, 9.17) is 4.74 Å². The molecular formula is C19H26N2O4S. The third-order valence-corrected chi connectivity index (χ3v) is 5.24. The Morgan fingerprint density at radius 3 is 2.15 bits per heavy atom. The molecule has 7 heteroatoms. The summed E-state index contributed by atoms with van der Waals surface area (Å²) in [5.74, 6) is 0.544. The number of nitrogens with one attached hydrogen (secondary N) is 2. The predicted octanol–water partition coefficient (Wildman–Crippen LogP) is 2.52. The molecule has 0 aromatic heterocycles. The fraction of sp³-hybridized carbons (Fsp3) is 0.368. The van der Waals surface area contributed by atoms with Gasteiger partial charge in [0.1, 0.15) is 0 Å². The van der Waals surface area contributed by atoms with Gasteiger partial charge in [0.25, 0.3) is 0 Å². The van der Waals surface area contributed by atoms with Crippen LogP contribution in [0.3, 0.4) is 0 Å². The van der Waals surface area contributed by atoms with Crippen molar-refractivity contribution < 1.29 is 18.3 Å². The molecule has 3 N–H and O–H groups in total. The van der Waals surface area contributed by atoms with Crippen LogP contribution in [0, 0.1) is 0 Å². The Morgan fingerprint density at radius 2 is 1.58 bits per heavy atom. The Balaban J connectivity index is 1.86. The SMILES string of the molecule is COc1ccc(CNCc2ccc(CS(=O)(=O)NC(C)C)cc2)cc1O. The molecule has 0 radical (unpaired) electrons. The normalized spacial score (nSPS) is 11.7. The highest BCUT2D eigenvalue weighted by Crippen LogP contribution is 2.26. The lowest BCUT2D eigenvalue weighted by atomic mass is 10.1.